The molecule has 3 rings (SSSR count). The Bertz CT molecular complexity index is 1140. The number of carbonyl (C=O) groups excluding carboxylic acids is 3. The highest BCUT2D eigenvalue weighted by atomic mass is 32.1. The smallest absolute Gasteiger partial charge is 0.254 e. The first-order valence-corrected chi connectivity index (χ1v) is 10.9. The van der Waals surface area contributed by atoms with Crippen molar-refractivity contribution in [1.29, 1.82) is 0 Å². The summed E-state index contributed by atoms with van der Waals surface area (Å²) >= 11 is 1.48. The van der Waals surface area contributed by atoms with Gasteiger partial charge < -0.3 is 16.0 Å². The van der Waals surface area contributed by atoms with Crippen LogP contribution in [0.2, 0.25) is 0 Å². The van der Waals surface area contributed by atoms with Crippen molar-refractivity contribution >= 4 is 34.7 Å². The maximum atomic E-state index is 12.2. The third-order valence-corrected chi connectivity index (χ3v) is 5.34. The quantitative estimate of drug-likeness (QED) is 0.427. The van der Waals surface area contributed by atoms with Gasteiger partial charge in [-0.1, -0.05) is 13.0 Å². The largest absolute Gasteiger partial charge is 0.353 e. The van der Waals surface area contributed by atoms with E-state index in [4.69, 9.17) is 0 Å². The zero-order valence-corrected chi connectivity index (χ0v) is 18.3. The number of carbonyl (C=O) groups is 3. The second kappa shape index (κ2) is 11.0. The lowest BCUT2D eigenvalue weighted by Gasteiger charge is -2.09. The first-order chi connectivity index (χ1) is 15.5. The molecule has 0 radical (unpaired) electrons. The molecule has 0 bridgehead atoms. The fraction of sp³-hybridized carbons (Fsp3) is 0.227. The molecule has 2 aromatic heterocycles. The molecular weight excluding hydrogens is 430 g/mol. The number of hydrogen-bond acceptors (Lipinski definition) is 6. The van der Waals surface area contributed by atoms with E-state index in [0.29, 0.717) is 23.4 Å². The van der Waals surface area contributed by atoms with Crippen molar-refractivity contribution in [3.8, 4) is 10.6 Å². The van der Waals surface area contributed by atoms with Crippen molar-refractivity contribution in [2.45, 2.75) is 19.9 Å². The molecule has 32 heavy (non-hydrogen) atoms. The summed E-state index contributed by atoms with van der Waals surface area (Å²) in [7, 11) is 0. The van der Waals surface area contributed by atoms with E-state index in [1.54, 1.807) is 31.2 Å². The van der Waals surface area contributed by atoms with Gasteiger partial charge in [-0.25, -0.2) is 4.98 Å². The van der Waals surface area contributed by atoms with Crippen molar-refractivity contribution in [2.24, 2.45) is 0 Å². The molecule has 0 saturated carbocycles. The summed E-state index contributed by atoms with van der Waals surface area (Å²) in [5.74, 6) is -0.755. The van der Waals surface area contributed by atoms with Gasteiger partial charge in [0.15, 0.2) is 0 Å². The number of nitrogens with zero attached hydrogens (tertiary/aromatic N) is 2. The Morgan fingerprint density at radius 1 is 1.03 bits per heavy atom. The van der Waals surface area contributed by atoms with Gasteiger partial charge in [-0.2, -0.15) is 0 Å². The lowest BCUT2D eigenvalue weighted by atomic mass is 10.2. The molecule has 3 aromatic rings. The first-order valence-electron chi connectivity index (χ1n) is 10.0. The number of benzene rings is 1. The minimum absolute atomic E-state index is 0.102. The van der Waals surface area contributed by atoms with Crippen LogP contribution >= 0.6 is 11.3 Å². The van der Waals surface area contributed by atoms with Crippen molar-refractivity contribution in [2.75, 3.05) is 18.4 Å². The zero-order valence-electron chi connectivity index (χ0n) is 17.5. The predicted octanol–water partition coefficient (Wildman–Crippen LogP) is 1.87. The lowest BCUT2D eigenvalue weighted by Crippen LogP contribution is -2.37. The highest BCUT2D eigenvalue weighted by molar-refractivity contribution is 7.13. The van der Waals surface area contributed by atoms with Gasteiger partial charge in [0.25, 0.3) is 11.5 Å². The molecule has 0 unspecified atom stereocenters. The van der Waals surface area contributed by atoms with Crippen LogP contribution in [-0.2, 0) is 16.1 Å². The molecule has 0 spiro atoms. The van der Waals surface area contributed by atoms with Gasteiger partial charge in [0.05, 0.1) is 16.9 Å². The van der Waals surface area contributed by atoms with Crippen LogP contribution in [-0.4, -0.2) is 40.4 Å². The van der Waals surface area contributed by atoms with E-state index >= 15 is 0 Å². The van der Waals surface area contributed by atoms with Gasteiger partial charge in [0.2, 0.25) is 11.8 Å². The molecule has 166 valence electrons. The highest BCUT2D eigenvalue weighted by Gasteiger charge is 2.09. The second-order valence-corrected chi connectivity index (χ2v) is 7.75. The summed E-state index contributed by atoms with van der Waals surface area (Å²) in [6.07, 6.45) is 1.73. The average Bonchev–Trinajstić information content (AvgIpc) is 3.33. The van der Waals surface area contributed by atoms with Crippen LogP contribution in [0.25, 0.3) is 10.6 Å². The van der Waals surface area contributed by atoms with Crippen molar-refractivity contribution in [3.05, 3.63) is 70.1 Å². The Labute approximate surface area is 188 Å². The number of hydrogen-bond donors (Lipinski definition) is 3. The molecule has 0 aliphatic rings. The fourth-order valence-corrected chi connectivity index (χ4v) is 3.44. The van der Waals surface area contributed by atoms with Crippen LogP contribution in [0.1, 0.15) is 23.7 Å². The maximum Gasteiger partial charge on any atom is 0.254 e. The minimum atomic E-state index is -0.358. The number of aromatic nitrogens is 2. The topological polar surface area (TPSA) is 122 Å². The van der Waals surface area contributed by atoms with Gasteiger partial charge in [-0.3, -0.25) is 23.7 Å². The minimum Gasteiger partial charge on any atom is -0.353 e. The second-order valence-electron chi connectivity index (χ2n) is 6.80. The summed E-state index contributed by atoms with van der Waals surface area (Å²) in [5, 5.41) is 9.97. The Hall–Kier alpha value is -3.79. The Morgan fingerprint density at radius 3 is 2.44 bits per heavy atom. The molecule has 10 heteroatoms. The van der Waals surface area contributed by atoms with E-state index < -0.39 is 0 Å². The van der Waals surface area contributed by atoms with E-state index in [1.807, 2.05) is 17.5 Å². The number of rotatable bonds is 9. The summed E-state index contributed by atoms with van der Waals surface area (Å²) in [6, 6.07) is 11.7. The van der Waals surface area contributed by atoms with Crippen LogP contribution in [0.5, 0.6) is 0 Å². The lowest BCUT2D eigenvalue weighted by molar-refractivity contribution is -0.121. The molecule has 9 nitrogen and oxygen atoms in total. The third-order valence-electron chi connectivity index (χ3n) is 4.45. The zero-order chi connectivity index (χ0) is 22.9. The molecule has 0 atom stereocenters. The van der Waals surface area contributed by atoms with E-state index in [-0.39, 0.29) is 42.9 Å². The molecular formula is C22H23N5O4S. The molecule has 0 aliphatic carbocycles. The van der Waals surface area contributed by atoms with Crippen LogP contribution in [0.3, 0.4) is 0 Å². The van der Waals surface area contributed by atoms with Crippen molar-refractivity contribution in [1.82, 2.24) is 20.2 Å². The summed E-state index contributed by atoms with van der Waals surface area (Å²) in [6.45, 7) is 2.04. The predicted molar refractivity (Wildman–Crippen MR) is 123 cm³/mol. The molecule has 0 aliphatic heterocycles. The molecule has 3 N–H and O–H groups in total. The van der Waals surface area contributed by atoms with Crippen molar-refractivity contribution in [3.63, 3.8) is 0 Å². The number of amides is 3. The van der Waals surface area contributed by atoms with E-state index in [0.717, 1.165) is 4.88 Å². The maximum absolute atomic E-state index is 12.2. The molecule has 0 saturated heterocycles. The third kappa shape index (κ3) is 6.35. The van der Waals surface area contributed by atoms with Gasteiger partial charge in [0, 0.05) is 36.8 Å². The summed E-state index contributed by atoms with van der Waals surface area (Å²) < 4.78 is 1.23. The van der Waals surface area contributed by atoms with Crippen LogP contribution < -0.4 is 21.5 Å². The number of anilines is 1. The van der Waals surface area contributed by atoms with Gasteiger partial charge in [0.1, 0.15) is 6.54 Å². The molecule has 2 heterocycles. The molecule has 0 fully saturated rings. The highest BCUT2D eigenvalue weighted by Crippen LogP contribution is 2.20. The summed E-state index contributed by atoms with van der Waals surface area (Å²) in [5.41, 5.74) is 1.32. The summed E-state index contributed by atoms with van der Waals surface area (Å²) in [4.78, 5) is 53.0. The normalized spacial score (nSPS) is 10.4. The Kier molecular flexibility index (Phi) is 7.87. The first kappa shape index (κ1) is 22.9. The van der Waals surface area contributed by atoms with E-state index in [9.17, 15) is 19.2 Å². The van der Waals surface area contributed by atoms with Crippen LogP contribution in [0.4, 0.5) is 5.69 Å². The monoisotopic (exact) mass is 453 g/mol. The van der Waals surface area contributed by atoms with Gasteiger partial charge in [-0.15, -0.1) is 11.3 Å². The van der Waals surface area contributed by atoms with Crippen LogP contribution in [0.15, 0.2) is 59.0 Å². The van der Waals surface area contributed by atoms with Crippen LogP contribution in [0, 0.1) is 0 Å². The Morgan fingerprint density at radius 2 is 1.78 bits per heavy atom. The Balaban J connectivity index is 1.42. The number of thiophene rings is 1. The van der Waals surface area contributed by atoms with E-state index in [2.05, 4.69) is 20.9 Å². The van der Waals surface area contributed by atoms with Gasteiger partial charge in [-0.05, 0) is 35.7 Å². The SMILES string of the molecule is CCC(=O)Nc1ccc(C(=O)NCCNC(=O)Cn2cnc(-c3cccs3)cc2=O)cc1. The standard InChI is InChI=1S/C22H23N5O4S/c1-2-19(28)26-16-7-5-15(6-8-16)22(31)24-10-9-23-20(29)13-27-14-25-17(12-21(27)30)18-4-3-11-32-18/h3-8,11-12,14H,2,9-10,13H2,1H3,(H,23,29)(H,24,31)(H,26,28). The average molecular weight is 454 g/mol. The number of nitrogens with one attached hydrogen (secondary N) is 3. The van der Waals surface area contributed by atoms with Gasteiger partial charge >= 0.3 is 0 Å². The van der Waals surface area contributed by atoms with Crippen molar-refractivity contribution < 1.29 is 14.4 Å². The fourth-order valence-electron chi connectivity index (χ4n) is 2.75. The molecule has 3 amide bonds. The molecule has 1 aromatic carbocycles. The van der Waals surface area contributed by atoms with E-state index in [1.165, 1.54) is 28.3 Å².